The van der Waals surface area contributed by atoms with Crippen LogP contribution in [0.4, 0.5) is 0 Å². The Bertz CT molecular complexity index is 563. The Labute approximate surface area is 106 Å². The Balaban J connectivity index is 2.05. The van der Waals surface area contributed by atoms with E-state index in [1.807, 2.05) is 0 Å². The molecule has 0 radical (unpaired) electrons. The Morgan fingerprint density at radius 3 is 2.89 bits per heavy atom. The second kappa shape index (κ2) is 4.96. The third-order valence-electron chi connectivity index (χ3n) is 2.19. The summed E-state index contributed by atoms with van der Waals surface area (Å²) in [6, 6.07) is -0.301. The number of carboxylic acids is 1. The molecule has 2 aromatic heterocycles. The zero-order valence-electron chi connectivity index (χ0n) is 9.38. The van der Waals surface area contributed by atoms with Crippen LogP contribution in [-0.2, 0) is 0 Å². The molecule has 0 fully saturated rings. The Hall–Kier alpha value is -2.22. The van der Waals surface area contributed by atoms with E-state index in [9.17, 15) is 9.59 Å². The maximum atomic E-state index is 11.8. The fourth-order valence-corrected chi connectivity index (χ4v) is 2.01. The lowest BCUT2D eigenvalue weighted by atomic mass is 10.3. The van der Waals surface area contributed by atoms with Gasteiger partial charge in [0.2, 0.25) is 0 Å². The van der Waals surface area contributed by atoms with Gasteiger partial charge in [-0.3, -0.25) is 4.79 Å². The highest BCUT2D eigenvalue weighted by Gasteiger charge is 2.17. The summed E-state index contributed by atoms with van der Waals surface area (Å²) in [5.74, 6) is -0.945. The number of nitrogens with zero attached hydrogens (tertiary/aromatic N) is 2. The second-order valence-electron chi connectivity index (χ2n) is 3.51. The van der Waals surface area contributed by atoms with Crippen molar-refractivity contribution < 1.29 is 14.7 Å². The third-order valence-corrected chi connectivity index (χ3v) is 3.04. The van der Waals surface area contributed by atoms with Gasteiger partial charge in [-0.2, -0.15) is 0 Å². The Morgan fingerprint density at radius 2 is 2.33 bits per heavy atom. The molecule has 0 saturated carbocycles. The highest BCUT2D eigenvalue weighted by Crippen LogP contribution is 2.12. The van der Waals surface area contributed by atoms with Crippen molar-refractivity contribution in [3.63, 3.8) is 0 Å². The SMILES string of the molecule is CC(NC(=O)c1nc(C(=O)O)cs1)c1ncc[nH]1. The number of thiazole rings is 1. The molecule has 8 heteroatoms. The molecule has 0 aliphatic carbocycles. The van der Waals surface area contributed by atoms with Crippen LogP contribution in [0.3, 0.4) is 0 Å². The maximum Gasteiger partial charge on any atom is 0.355 e. The number of carbonyl (C=O) groups excluding carboxylic acids is 1. The van der Waals surface area contributed by atoms with Crippen LogP contribution in [-0.4, -0.2) is 31.9 Å². The number of carboxylic acid groups (broad SMARTS) is 1. The van der Waals surface area contributed by atoms with Gasteiger partial charge in [0.15, 0.2) is 10.7 Å². The first-order valence-electron chi connectivity index (χ1n) is 5.07. The van der Waals surface area contributed by atoms with Crippen LogP contribution in [0, 0.1) is 0 Å². The molecule has 18 heavy (non-hydrogen) atoms. The lowest BCUT2D eigenvalue weighted by molar-refractivity contribution is 0.0691. The summed E-state index contributed by atoms with van der Waals surface area (Å²) in [7, 11) is 0. The van der Waals surface area contributed by atoms with Crippen LogP contribution in [0.5, 0.6) is 0 Å². The summed E-state index contributed by atoms with van der Waals surface area (Å²) in [5.41, 5.74) is -0.129. The molecule has 2 heterocycles. The van der Waals surface area contributed by atoms with Crippen molar-refractivity contribution in [1.82, 2.24) is 20.3 Å². The highest BCUT2D eigenvalue weighted by atomic mass is 32.1. The molecule has 1 atom stereocenters. The minimum atomic E-state index is -1.15. The number of rotatable bonds is 4. The van der Waals surface area contributed by atoms with E-state index in [1.54, 1.807) is 19.3 Å². The zero-order chi connectivity index (χ0) is 13.1. The Morgan fingerprint density at radius 1 is 1.56 bits per heavy atom. The molecule has 0 spiro atoms. The van der Waals surface area contributed by atoms with Crippen LogP contribution < -0.4 is 5.32 Å². The van der Waals surface area contributed by atoms with Crippen molar-refractivity contribution in [2.75, 3.05) is 0 Å². The van der Waals surface area contributed by atoms with Gasteiger partial charge in [-0.1, -0.05) is 0 Å². The van der Waals surface area contributed by atoms with E-state index in [2.05, 4.69) is 20.3 Å². The van der Waals surface area contributed by atoms with Crippen LogP contribution in [0.2, 0.25) is 0 Å². The molecule has 1 amide bonds. The standard InChI is InChI=1S/C10H10N4O3S/c1-5(7-11-2-3-12-7)13-8(15)9-14-6(4-18-9)10(16)17/h2-5H,1H3,(H,11,12)(H,13,15)(H,16,17). The average Bonchev–Trinajstić information content (AvgIpc) is 3.00. The molecule has 0 bridgehead atoms. The molecule has 3 N–H and O–H groups in total. The summed E-state index contributed by atoms with van der Waals surface area (Å²) in [6.45, 7) is 1.77. The molecule has 1 unspecified atom stereocenters. The normalized spacial score (nSPS) is 12.1. The van der Waals surface area contributed by atoms with E-state index in [1.165, 1.54) is 5.38 Å². The van der Waals surface area contributed by atoms with Crippen molar-refractivity contribution >= 4 is 23.2 Å². The quantitative estimate of drug-likeness (QED) is 0.766. The van der Waals surface area contributed by atoms with E-state index in [0.717, 1.165) is 11.3 Å². The van der Waals surface area contributed by atoms with Crippen molar-refractivity contribution in [2.45, 2.75) is 13.0 Å². The van der Waals surface area contributed by atoms with Crippen molar-refractivity contribution in [2.24, 2.45) is 0 Å². The van der Waals surface area contributed by atoms with E-state index in [-0.39, 0.29) is 16.7 Å². The largest absolute Gasteiger partial charge is 0.476 e. The van der Waals surface area contributed by atoms with E-state index in [0.29, 0.717) is 5.82 Å². The molecular weight excluding hydrogens is 256 g/mol. The molecule has 0 aliphatic rings. The van der Waals surface area contributed by atoms with Crippen molar-refractivity contribution in [1.29, 1.82) is 0 Å². The Kier molecular flexibility index (Phi) is 3.38. The van der Waals surface area contributed by atoms with Gasteiger partial charge >= 0.3 is 5.97 Å². The van der Waals surface area contributed by atoms with Crippen LogP contribution in [0.1, 0.15) is 39.1 Å². The molecule has 2 rings (SSSR count). The number of imidazole rings is 1. The number of hydrogen-bond acceptors (Lipinski definition) is 5. The third kappa shape index (κ3) is 2.54. The fourth-order valence-electron chi connectivity index (χ4n) is 1.32. The first-order valence-corrected chi connectivity index (χ1v) is 5.95. The number of carbonyl (C=O) groups is 2. The number of aromatic nitrogens is 3. The summed E-state index contributed by atoms with van der Waals surface area (Å²) in [5, 5.41) is 12.8. The minimum Gasteiger partial charge on any atom is -0.476 e. The van der Waals surface area contributed by atoms with Gasteiger partial charge in [-0.25, -0.2) is 14.8 Å². The molecular formula is C10H10N4O3S. The van der Waals surface area contributed by atoms with Crippen molar-refractivity contribution in [3.8, 4) is 0 Å². The number of aromatic carboxylic acids is 1. The number of aromatic amines is 1. The second-order valence-corrected chi connectivity index (χ2v) is 4.37. The van der Waals surface area contributed by atoms with Gasteiger partial charge in [0.1, 0.15) is 5.82 Å². The summed E-state index contributed by atoms with van der Waals surface area (Å²) in [6.07, 6.45) is 3.24. The van der Waals surface area contributed by atoms with Gasteiger partial charge in [0.05, 0.1) is 6.04 Å². The topological polar surface area (TPSA) is 108 Å². The van der Waals surface area contributed by atoms with Crippen molar-refractivity contribution in [3.05, 3.63) is 34.3 Å². The van der Waals surface area contributed by atoms with Gasteiger partial charge in [0.25, 0.3) is 5.91 Å². The zero-order valence-corrected chi connectivity index (χ0v) is 10.2. The number of amides is 1. The molecule has 0 aliphatic heterocycles. The molecule has 0 saturated heterocycles. The monoisotopic (exact) mass is 266 g/mol. The maximum absolute atomic E-state index is 11.8. The lowest BCUT2D eigenvalue weighted by Gasteiger charge is -2.09. The predicted molar refractivity (Wildman–Crippen MR) is 63.5 cm³/mol. The van der Waals surface area contributed by atoms with Gasteiger partial charge < -0.3 is 15.4 Å². The van der Waals surface area contributed by atoms with Gasteiger partial charge in [0, 0.05) is 17.8 Å². The van der Waals surface area contributed by atoms with E-state index in [4.69, 9.17) is 5.11 Å². The summed E-state index contributed by atoms with van der Waals surface area (Å²) < 4.78 is 0. The highest BCUT2D eigenvalue weighted by molar-refractivity contribution is 7.11. The molecule has 0 aromatic carbocycles. The molecule has 94 valence electrons. The number of H-pyrrole nitrogens is 1. The molecule has 2 aromatic rings. The van der Waals surface area contributed by atoms with E-state index >= 15 is 0 Å². The summed E-state index contributed by atoms with van der Waals surface area (Å²) >= 11 is 0.991. The lowest BCUT2D eigenvalue weighted by Crippen LogP contribution is -2.27. The predicted octanol–water partition coefficient (Wildman–Crippen LogP) is 1.06. The van der Waals surface area contributed by atoms with Gasteiger partial charge in [-0.05, 0) is 6.92 Å². The van der Waals surface area contributed by atoms with Gasteiger partial charge in [-0.15, -0.1) is 11.3 Å². The van der Waals surface area contributed by atoms with Crippen LogP contribution in [0.15, 0.2) is 17.8 Å². The van der Waals surface area contributed by atoms with Crippen LogP contribution in [0.25, 0.3) is 0 Å². The first-order chi connectivity index (χ1) is 8.58. The fraction of sp³-hybridized carbons (Fsp3) is 0.200. The molecule has 7 nitrogen and oxygen atoms in total. The number of nitrogens with one attached hydrogen (secondary N) is 2. The smallest absolute Gasteiger partial charge is 0.355 e. The van der Waals surface area contributed by atoms with E-state index < -0.39 is 11.9 Å². The van der Waals surface area contributed by atoms with Crippen LogP contribution >= 0.6 is 11.3 Å². The minimum absolute atomic E-state index is 0.116. The summed E-state index contributed by atoms with van der Waals surface area (Å²) in [4.78, 5) is 33.0. The average molecular weight is 266 g/mol. The first kappa shape index (κ1) is 12.2. The number of hydrogen-bond donors (Lipinski definition) is 3.